The molecule has 1 N–H and O–H groups in total. The van der Waals surface area contributed by atoms with Crippen LogP contribution in [0.4, 0.5) is 5.69 Å². The van der Waals surface area contributed by atoms with Crippen LogP contribution in [0, 0.1) is 0 Å². The van der Waals surface area contributed by atoms with E-state index in [-0.39, 0.29) is 12.1 Å². The van der Waals surface area contributed by atoms with Crippen LogP contribution < -0.4 is 15.0 Å². The number of anilines is 1. The average Bonchev–Trinajstić information content (AvgIpc) is 3.45. The summed E-state index contributed by atoms with van der Waals surface area (Å²) in [5.74, 6) is 2.37. The molecule has 1 aliphatic rings. The highest BCUT2D eigenvalue weighted by Crippen LogP contribution is 2.43. The number of aromatic nitrogens is 1. The standard InChI is InChI=1S/C25H20BrN3O2S/c1-30-19-6-4-5-18(15-19)29-24(23(28-25(29)32)20-7-2-3-14-27-20)22-13-12-21(31-22)16-8-10-17(26)11-9-16/h2-15,23-24H,1H3,(H,28,32)/t23-,24+/m0/s1. The lowest BCUT2D eigenvalue weighted by Gasteiger charge is -2.26. The number of thiocarbonyl (C=S) groups is 1. The van der Waals surface area contributed by atoms with E-state index in [1.54, 1.807) is 13.3 Å². The minimum atomic E-state index is -0.214. The summed E-state index contributed by atoms with van der Waals surface area (Å²) in [6.45, 7) is 0. The number of hydrogen-bond donors (Lipinski definition) is 1. The van der Waals surface area contributed by atoms with Gasteiger partial charge >= 0.3 is 0 Å². The average molecular weight is 506 g/mol. The summed E-state index contributed by atoms with van der Waals surface area (Å²) < 4.78 is 12.9. The lowest BCUT2D eigenvalue weighted by atomic mass is 10.0. The molecule has 0 amide bonds. The van der Waals surface area contributed by atoms with Crippen molar-refractivity contribution in [2.75, 3.05) is 12.0 Å². The quantitative estimate of drug-likeness (QED) is 0.321. The Kier molecular flexibility index (Phi) is 5.68. The van der Waals surface area contributed by atoms with Crippen LogP contribution >= 0.6 is 28.1 Å². The van der Waals surface area contributed by atoms with Crippen molar-refractivity contribution in [2.24, 2.45) is 0 Å². The minimum Gasteiger partial charge on any atom is -0.497 e. The molecule has 0 aliphatic carbocycles. The molecule has 2 aromatic heterocycles. The Morgan fingerprint density at radius 1 is 1.03 bits per heavy atom. The Hall–Kier alpha value is -3.16. The smallest absolute Gasteiger partial charge is 0.174 e. The Labute approximate surface area is 200 Å². The zero-order valence-corrected chi connectivity index (χ0v) is 19.6. The second-order valence-electron chi connectivity index (χ2n) is 7.41. The van der Waals surface area contributed by atoms with Crippen molar-refractivity contribution < 1.29 is 9.15 Å². The summed E-state index contributed by atoms with van der Waals surface area (Å²) in [7, 11) is 1.66. The molecule has 0 bridgehead atoms. The van der Waals surface area contributed by atoms with E-state index in [2.05, 4.69) is 31.1 Å². The predicted octanol–water partition coefficient (Wildman–Crippen LogP) is 6.29. The van der Waals surface area contributed by atoms with Crippen LogP contribution in [0.5, 0.6) is 5.75 Å². The Morgan fingerprint density at radius 3 is 2.62 bits per heavy atom. The number of furan rings is 1. The van der Waals surface area contributed by atoms with Crippen molar-refractivity contribution in [3.63, 3.8) is 0 Å². The molecule has 1 aliphatic heterocycles. The molecule has 2 aromatic carbocycles. The van der Waals surface area contributed by atoms with Crippen molar-refractivity contribution in [1.82, 2.24) is 10.3 Å². The maximum absolute atomic E-state index is 6.39. The molecule has 5 rings (SSSR count). The third kappa shape index (κ3) is 3.89. The maximum atomic E-state index is 6.39. The largest absolute Gasteiger partial charge is 0.497 e. The van der Waals surface area contributed by atoms with Crippen molar-refractivity contribution in [3.8, 4) is 17.1 Å². The van der Waals surface area contributed by atoms with Crippen LogP contribution in [-0.4, -0.2) is 17.2 Å². The highest BCUT2D eigenvalue weighted by Gasteiger charge is 2.42. The van der Waals surface area contributed by atoms with E-state index in [1.807, 2.05) is 78.9 Å². The summed E-state index contributed by atoms with van der Waals surface area (Å²) >= 11 is 9.26. The van der Waals surface area contributed by atoms with E-state index >= 15 is 0 Å². The first-order valence-electron chi connectivity index (χ1n) is 10.1. The molecule has 5 nitrogen and oxygen atoms in total. The highest BCUT2D eigenvalue weighted by atomic mass is 79.9. The van der Waals surface area contributed by atoms with Crippen LogP contribution in [0.2, 0.25) is 0 Å². The van der Waals surface area contributed by atoms with Crippen LogP contribution in [-0.2, 0) is 0 Å². The highest BCUT2D eigenvalue weighted by molar-refractivity contribution is 9.10. The lowest BCUT2D eigenvalue weighted by Crippen LogP contribution is -2.29. The monoisotopic (exact) mass is 505 g/mol. The van der Waals surface area contributed by atoms with Gasteiger partial charge in [-0.3, -0.25) is 4.98 Å². The van der Waals surface area contributed by atoms with Crippen LogP contribution in [0.3, 0.4) is 0 Å². The van der Waals surface area contributed by atoms with E-state index in [0.29, 0.717) is 5.11 Å². The third-order valence-electron chi connectivity index (χ3n) is 5.48. The first-order chi connectivity index (χ1) is 15.6. The molecule has 160 valence electrons. The number of halogens is 1. The van der Waals surface area contributed by atoms with Crippen molar-refractivity contribution in [3.05, 3.63) is 101 Å². The number of rotatable bonds is 5. The summed E-state index contributed by atoms with van der Waals surface area (Å²) in [4.78, 5) is 6.66. The van der Waals surface area contributed by atoms with Gasteiger partial charge in [-0.15, -0.1) is 0 Å². The zero-order valence-electron chi connectivity index (χ0n) is 17.2. The van der Waals surface area contributed by atoms with Gasteiger partial charge in [0.25, 0.3) is 0 Å². The summed E-state index contributed by atoms with van der Waals surface area (Å²) in [6, 6.07) is 25.4. The second kappa shape index (κ2) is 8.76. The number of hydrogen-bond acceptors (Lipinski definition) is 4. The molecule has 1 fully saturated rings. The second-order valence-corrected chi connectivity index (χ2v) is 8.71. The normalized spacial score (nSPS) is 17.9. The lowest BCUT2D eigenvalue weighted by molar-refractivity contribution is 0.414. The van der Waals surface area contributed by atoms with Crippen molar-refractivity contribution in [2.45, 2.75) is 12.1 Å². The molecular weight excluding hydrogens is 486 g/mol. The fraction of sp³-hybridized carbons (Fsp3) is 0.120. The number of benzene rings is 2. The predicted molar refractivity (Wildman–Crippen MR) is 133 cm³/mol. The van der Waals surface area contributed by atoms with Gasteiger partial charge in [0.05, 0.1) is 18.8 Å². The molecule has 32 heavy (non-hydrogen) atoms. The SMILES string of the molecule is COc1cccc(N2C(=S)N[C@@H](c3ccccn3)[C@H]2c2ccc(-c3ccc(Br)cc3)o2)c1. The van der Waals surface area contributed by atoms with Gasteiger partial charge in [0, 0.05) is 28.0 Å². The van der Waals surface area contributed by atoms with Gasteiger partial charge in [0.1, 0.15) is 23.3 Å². The number of nitrogens with zero attached hydrogens (tertiary/aromatic N) is 2. The van der Waals surface area contributed by atoms with E-state index in [0.717, 1.165) is 38.7 Å². The molecule has 0 radical (unpaired) electrons. The van der Waals surface area contributed by atoms with Crippen molar-refractivity contribution >= 4 is 38.9 Å². The van der Waals surface area contributed by atoms with Gasteiger partial charge in [-0.2, -0.15) is 0 Å². The first kappa shape index (κ1) is 20.7. The minimum absolute atomic E-state index is 0.168. The molecule has 0 unspecified atom stereocenters. The third-order valence-corrected chi connectivity index (χ3v) is 6.32. The summed E-state index contributed by atoms with van der Waals surface area (Å²) in [6.07, 6.45) is 1.79. The first-order valence-corrected chi connectivity index (χ1v) is 11.3. The number of pyridine rings is 1. The fourth-order valence-corrected chi connectivity index (χ4v) is 4.57. The van der Waals surface area contributed by atoms with Crippen LogP contribution in [0.1, 0.15) is 23.5 Å². The van der Waals surface area contributed by atoms with Crippen LogP contribution in [0.25, 0.3) is 11.3 Å². The Morgan fingerprint density at radius 2 is 1.88 bits per heavy atom. The molecule has 4 aromatic rings. The van der Waals surface area contributed by atoms with Gasteiger partial charge < -0.3 is 19.4 Å². The maximum Gasteiger partial charge on any atom is 0.174 e. The van der Waals surface area contributed by atoms with Gasteiger partial charge in [-0.05, 0) is 60.7 Å². The number of ether oxygens (including phenoxy) is 1. The number of methoxy groups -OCH3 is 1. The molecule has 0 spiro atoms. The topological polar surface area (TPSA) is 50.5 Å². The van der Waals surface area contributed by atoms with Crippen molar-refractivity contribution in [1.29, 1.82) is 0 Å². The molecule has 2 atom stereocenters. The zero-order chi connectivity index (χ0) is 22.1. The van der Waals surface area contributed by atoms with Gasteiger partial charge in [0.15, 0.2) is 5.11 Å². The summed E-state index contributed by atoms with van der Waals surface area (Å²) in [5.41, 5.74) is 2.83. The van der Waals surface area contributed by atoms with E-state index < -0.39 is 0 Å². The molecule has 1 saturated heterocycles. The molecule has 3 heterocycles. The van der Waals surface area contributed by atoms with E-state index in [9.17, 15) is 0 Å². The molecular formula is C25H20BrN3O2S. The Balaban J connectivity index is 1.59. The summed E-state index contributed by atoms with van der Waals surface area (Å²) in [5, 5.41) is 4.06. The number of nitrogens with one attached hydrogen (secondary N) is 1. The van der Waals surface area contributed by atoms with Gasteiger partial charge in [-0.25, -0.2) is 0 Å². The van der Waals surface area contributed by atoms with E-state index in [4.69, 9.17) is 21.4 Å². The van der Waals surface area contributed by atoms with Gasteiger partial charge in [-0.1, -0.05) is 40.2 Å². The fourth-order valence-electron chi connectivity index (χ4n) is 3.96. The van der Waals surface area contributed by atoms with E-state index in [1.165, 1.54) is 0 Å². The van der Waals surface area contributed by atoms with Gasteiger partial charge in [0.2, 0.25) is 0 Å². The Bertz CT molecular complexity index is 1240. The molecule has 0 saturated carbocycles. The van der Waals surface area contributed by atoms with Crippen LogP contribution in [0.15, 0.2) is 93.9 Å². The molecule has 7 heteroatoms.